The van der Waals surface area contributed by atoms with Crippen molar-refractivity contribution in [3.05, 3.63) is 59.8 Å². The van der Waals surface area contributed by atoms with Crippen LogP contribution in [0.1, 0.15) is 61.8 Å². The zero-order chi connectivity index (χ0) is 25.5. The van der Waals surface area contributed by atoms with Gasteiger partial charge in [-0.3, -0.25) is 9.38 Å². The van der Waals surface area contributed by atoms with Gasteiger partial charge in [0.2, 0.25) is 5.88 Å². The fraction of sp³-hybridized carbons (Fsp3) is 0.407. The zero-order valence-electron chi connectivity index (χ0n) is 20.8. The maximum atomic E-state index is 9.65. The van der Waals surface area contributed by atoms with Crippen LogP contribution in [0.25, 0.3) is 16.9 Å². The summed E-state index contributed by atoms with van der Waals surface area (Å²) in [4.78, 5) is 10.8. The Hall–Kier alpha value is -4.44. The van der Waals surface area contributed by atoms with Crippen LogP contribution in [0.5, 0.6) is 5.88 Å². The van der Waals surface area contributed by atoms with Crippen molar-refractivity contribution < 1.29 is 4.74 Å². The number of pyridine rings is 2. The molecule has 1 aliphatic heterocycles. The van der Waals surface area contributed by atoms with E-state index >= 15 is 0 Å². The molecule has 0 bridgehead atoms. The molecule has 2 aliphatic rings. The second-order valence-corrected chi connectivity index (χ2v) is 9.89. The number of piperidine rings is 1. The van der Waals surface area contributed by atoms with E-state index in [1.54, 1.807) is 16.8 Å². The number of ether oxygens (including phenoxy) is 1. The largest absolute Gasteiger partial charge is 0.469 e. The van der Waals surface area contributed by atoms with E-state index in [0.717, 1.165) is 42.0 Å². The fourth-order valence-corrected chi connectivity index (χ4v) is 5.44. The minimum Gasteiger partial charge on any atom is -0.469 e. The molecule has 3 unspecified atom stereocenters. The van der Waals surface area contributed by atoms with Gasteiger partial charge in [0.15, 0.2) is 6.19 Å². The number of fused-ring (bicyclic) bond motifs is 1. The summed E-state index contributed by atoms with van der Waals surface area (Å²) in [7, 11) is 0. The van der Waals surface area contributed by atoms with Crippen molar-refractivity contribution in [2.75, 3.05) is 6.54 Å². The molecule has 186 valence electrons. The summed E-state index contributed by atoms with van der Waals surface area (Å²) < 4.78 is 10.1. The van der Waals surface area contributed by atoms with Crippen molar-refractivity contribution in [3.8, 4) is 29.4 Å². The average Bonchev–Trinajstić information content (AvgIpc) is 3.58. The zero-order valence-corrected chi connectivity index (χ0v) is 20.8. The van der Waals surface area contributed by atoms with Gasteiger partial charge >= 0.3 is 0 Å². The van der Waals surface area contributed by atoms with E-state index < -0.39 is 0 Å². The van der Waals surface area contributed by atoms with Crippen LogP contribution < -0.4 is 4.74 Å². The van der Waals surface area contributed by atoms with Gasteiger partial charge in [0.05, 0.1) is 23.6 Å². The normalized spacial score (nSPS) is 20.4. The summed E-state index contributed by atoms with van der Waals surface area (Å²) in [5, 5.41) is 28.3. The first-order valence-electron chi connectivity index (χ1n) is 12.6. The SMILES string of the molecule is Cc1c(-c2cc(OC(C)c3ccccn3)n3c(C#N)cnc3c2)nnn1C1CCN(C#N)C(C2CC2)C1. The summed E-state index contributed by atoms with van der Waals surface area (Å²) in [6.07, 6.45) is 9.49. The quantitative estimate of drug-likeness (QED) is 0.366. The minimum atomic E-state index is -0.338. The number of aromatic nitrogens is 6. The number of nitrogens with zero attached hydrogens (tertiary/aromatic N) is 9. The second kappa shape index (κ2) is 9.21. The number of likely N-dealkylation sites (tertiary alicyclic amines) is 1. The predicted octanol–water partition coefficient (Wildman–Crippen LogP) is 4.20. The standard InChI is InChI=1S/C27H27N9O/c1-17-27(32-33-36(17)21-8-10-34(16-29)24(13-21)19-6-7-19)20-11-25-31-15-22(14-28)35(25)26(12-20)37-18(2)23-5-3-4-9-30-23/h3-5,9,11-12,15,18-19,21,24H,6-8,10,13H2,1-2H3. The third-order valence-corrected chi connectivity index (χ3v) is 7.55. The first kappa shape index (κ1) is 23.0. The molecular formula is C27H27N9O. The molecule has 0 aromatic carbocycles. The smallest absolute Gasteiger partial charge is 0.201 e. The molecule has 1 saturated carbocycles. The number of rotatable bonds is 6. The van der Waals surface area contributed by atoms with E-state index in [1.165, 1.54) is 12.8 Å². The Morgan fingerprint density at radius 2 is 2.00 bits per heavy atom. The van der Waals surface area contributed by atoms with Crippen LogP contribution in [0.2, 0.25) is 0 Å². The van der Waals surface area contributed by atoms with Gasteiger partial charge in [-0.2, -0.15) is 10.5 Å². The molecule has 2 fully saturated rings. The average molecular weight is 494 g/mol. The van der Waals surface area contributed by atoms with Crippen molar-refractivity contribution in [2.24, 2.45) is 5.92 Å². The van der Waals surface area contributed by atoms with Gasteiger partial charge in [0.1, 0.15) is 29.2 Å². The monoisotopic (exact) mass is 493 g/mol. The number of hydrogen-bond donors (Lipinski definition) is 0. The Kier molecular flexibility index (Phi) is 5.72. The molecular weight excluding hydrogens is 466 g/mol. The van der Waals surface area contributed by atoms with Gasteiger partial charge in [-0.05, 0) is 63.6 Å². The van der Waals surface area contributed by atoms with Crippen molar-refractivity contribution in [1.82, 2.24) is 34.3 Å². The highest BCUT2D eigenvalue weighted by Gasteiger charge is 2.40. The van der Waals surface area contributed by atoms with Gasteiger partial charge in [-0.1, -0.05) is 11.3 Å². The van der Waals surface area contributed by atoms with Gasteiger partial charge in [0, 0.05) is 30.4 Å². The molecule has 5 heterocycles. The van der Waals surface area contributed by atoms with Gasteiger partial charge in [0.25, 0.3) is 0 Å². The predicted molar refractivity (Wildman–Crippen MR) is 134 cm³/mol. The van der Waals surface area contributed by atoms with Gasteiger partial charge in [-0.25, -0.2) is 9.67 Å². The summed E-state index contributed by atoms with van der Waals surface area (Å²) in [6, 6.07) is 12.2. The lowest BCUT2D eigenvalue weighted by Crippen LogP contribution is -2.41. The van der Waals surface area contributed by atoms with Crippen LogP contribution in [-0.2, 0) is 0 Å². The molecule has 0 amide bonds. The van der Waals surface area contributed by atoms with E-state index in [1.807, 2.05) is 53.8 Å². The summed E-state index contributed by atoms with van der Waals surface area (Å²) >= 11 is 0. The molecule has 0 N–H and O–H groups in total. The van der Waals surface area contributed by atoms with Crippen LogP contribution in [0.4, 0.5) is 0 Å². The topological polar surface area (TPSA) is 121 Å². The molecule has 10 heteroatoms. The van der Waals surface area contributed by atoms with Gasteiger partial charge < -0.3 is 9.64 Å². The van der Waals surface area contributed by atoms with E-state index in [9.17, 15) is 10.5 Å². The summed E-state index contributed by atoms with van der Waals surface area (Å²) in [5.74, 6) is 1.11. The van der Waals surface area contributed by atoms with Crippen LogP contribution >= 0.6 is 0 Å². The van der Waals surface area contributed by atoms with Gasteiger partial charge in [-0.15, -0.1) is 5.10 Å². The number of hydrogen-bond acceptors (Lipinski definition) is 8. The maximum absolute atomic E-state index is 9.65. The molecule has 1 aliphatic carbocycles. The van der Waals surface area contributed by atoms with Crippen LogP contribution in [0.3, 0.4) is 0 Å². The van der Waals surface area contributed by atoms with Crippen molar-refractivity contribution >= 4 is 5.65 Å². The Balaban J connectivity index is 1.35. The number of imidazole rings is 1. The van der Waals surface area contributed by atoms with Crippen molar-refractivity contribution in [3.63, 3.8) is 0 Å². The van der Waals surface area contributed by atoms with Crippen molar-refractivity contribution in [2.45, 2.75) is 57.7 Å². The summed E-state index contributed by atoms with van der Waals surface area (Å²) in [6.45, 7) is 4.71. The fourth-order valence-electron chi connectivity index (χ4n) is 5.44. The van der Waals surface area contributed by atoms with E-state index in [2.05, 4.69) is 32.5 Å². The lowest BCUT2D eigenvalue weighted by Gasteiger charge is -2.36. The Morgan fingerprint density at radius 3 is 2.73 bits per heavy atom. The van der Waals surface area contributed by atoms with E-state index in [0.29, 0.717) is 23.1 Å². The van der Waals surface area contributed by atoms with Crippen LogP contribution in [-0.4, -0.2) is 46.8 Å². The third kappa shape index (κ3) is 4.15. The molecule has 10 nitrogen and oxygen atoms in total. The third-order valence-electron chi connectivity index (χ3n) is 7.55. The highest BCUT2D eigenvalue weighted by Crippen LogP contribution is 2.42. The molecule has 3 atom stereocenters. The van der Waals surface area contributed by atoms with Crippen molar-refractivity contribution in [1.29, 1.82) is 10.5 Å². The lowest BCUT2D eigenvalue weighted by atomic mass is 9.94. The first-order valence-corrected chi connectivity index (χ1v) is 12.6. The maximum Gasteiger partial charge on any atom is 0.201 e. The van der Waals surface area contributed by atoms with E-state index in [4.69, 9.17) is 4.74 Å². The lowest BCUT2D eigenvalue weighted by molar-refractivity contribution is 0.149. The molecule has 6 rings (SSSR count). The first-order chi connectivity index (χ1) is 18.1. The Labute approximate surface area is 214 Å². The summed E-state index contributed by atoms with van der Waals surface area (Å²) in [5.41, 5.74) is 4.32. The highest BCUT2D eigenvalue weighted by molar-refractivity contribution is 5.68. The molecule has 0 spiro atoms. The molecule has 1 saturated heterocycles. The molecule has 4 aromatic heterocycles. The number of nitriles is 2. The van der Waals surface area contributed by atoms with E-state index in [-0.39, 0.29) is 18.2 Å². The molecule has 37 heavy (non-hydrogen) atoms. The Bertz CT molecular complexity index is 1520. The molecule has 0 radical (unpaired) electrons. The minimum absolute atomic E-state index is 0.205. The molecule has 4 aromatic rings. The van der Waals surface area contributed by atoms with Crippen LogP contribution in [0.15, 0.2) is 42.7 Å². The van der Waals surface area contributed by atoms with Crippen LogP contribution in [0, 0.1) is 35.6 Å². The second-order valence-electron chi connectivity index (χ2n) is 9.89. The highest BCUT2D eigenvalue weighted by atomic mass is 16.5. The Morgan fingerprint density at radius 1 is 1.14 bits per heavy atom.